The molecule has 0 saturated carbocycles. The summed E-state index contributed by atoms with van der Waals surface area (Å²) in [7, 11) is 0. The number of fused-ring (bicyclic) bond motifs is 1. The van der Waals surface area contributed by atoms with E-state index in [0.717, 1.165) is 26.7 Å². The van der Waals surface area contributed by atoms with Crippen molar-refractivity contribution in [2.24, 2.45) is 0 Å². The van der Waals surface area contributed by atoms with Gasteiger partial charge in [-0.15, -0.1) is 0 Å². The van der Waals surface area contributed by atoms with Gasteiger partial charge in [0.05, 0.1) is 28.1 Å². The van der Waals surface area contributed by atoms with Gasteiger partial charge in [-0.05, 0) is 41.6 Å². The highest BCUT2D eigenvalue weighted by molar-refractivity contribution is 14.1. The second-order valence-corrected chi connectivity index (χ2v) is 5.06. The Kier molecular flexibility index (Phi) is 3.39. The molecule has 16 heavy (non-hydrogen) atoms. The molecule has 3 N–H and O–H groups in total. The normalized spacial score (nSPS) is 10.7. The first-order valence-corrected chi connectivity index (χ1v) is 6.36. The lowest BCUT2D eigenvalue weighted by Gasteiger charge is -2.11. The summed E-state index contributed by atoms with van der Waals surface area (Å²) < 4.78 is 1.07. The molecule has 0 spiro atoms. The lowest BCUT2D eigenvalue weighted by Crippen LogP contribution is -2.03. The van der Waals surface area contributed by atoms with Gasteiger partial charge in [0.1, 0.15) is 0 Å². The van der Waals surface area contributed by atoms with Crippen molar-refractivity contribution < 1.29 is 0 Å². The summed E-state index contributed by atoms with van der Waals surface area (Å²) in [6.45, 7) is 2.84. The van der Waals surface area contributed by atoms with E-state index < -0.39 is 0 Å². The van der Waals surface area contributed by atoms with Crippen molar-refractivity contribution in [1.29, 1.82) is 0 Å². The molecule has 0 fully saturated rings. The average Bonchev–Trinajstić information content (AvgIpc) is 2.22. The van der Waals surface area contributed by atoms with Gasteiger partial charge in [0.2, 0.25) is 0 Å². The van der Waals surface area contributed by atoms with Crippen molar-refractivity contribution in [1.82, 2.24) is 4.98 Å². The number of pyridine rings is 1. The summed E-state index contributed by atoms with van der Waals surface area (Å²) in [5.74, 6) is 0. The molecule has 0 aliphatic heterocycles. The highest BCUT2D eigenvalue weighted by Gasteiger charge is 2.09. The van der Waals surface area contributed by atoms with Crippen LogP contribution in [0.25, 0.3) is 10.9 Å². The molecule has 0 bridgehead atoms. The first kappa shape index (κ1) is 11.7. The van der Waals surface area contributed by atoms with Gasteiger partial charge in [0.25, 0.3) is 0 Å². The van der Waals surface area contributed by atoms with Crippen LogP contribution >= 0.6 is 34.2 Å². The molecule has 1 aromatic carbocycles. The summed E-state index contributed by atoms with van der Waals surface area (Å²) in [5, 5.41) is 4.87. The number of hydrogen-bond donors (Lipinski definition) is 2. The molecule has 1 heterocycles. The zero-order chi connectivity index (χ0) is 11.7. The minimum atomic E-state index is 0.646. The standard InChI is InChI=1S/C11H11ClIN3/c1-2-15-11-7-3-6(13)4-8(12)10(7)16-5-9(11)14/h3-5H,2,14H2,1H3,(H,15,16). The molecule has 1 aromatic heterocycles. The van der Waals surface area contributed by atoms with Crippen molar-refractivity contribution in [3.05, 3.63) is 26.9 Å². The van der Waals surface area contributed by atoms with E-state index in [4.69, 9.17) is 17.3 Å². The maximum atomic E-state index is 6.15. The third kappa shape index (κ3) is 2.04. The van der Waals surface area contributed by atoms with Gasteiger partial charge < -0.3 is 11.1 Å². The van der Waals surface area contributed by atoms with Gasteiger partial charge in [0.15, 0.2) is 0 Å². The molecule has 84 valence electrons. The Bertz CT molecular complexity index is 542. The monoisotopic (exact) mass is 347 g/mol. The number of hydrogen-bond acceptors (Lipinski definition) is 3. The summed E-state index contributed by atoms with van der Waals surface area (Å²) >= 11 is 8.38. The Morgan fingerprint density at radius 2 is 2.25 bits per heavy atom. The molecule has 5 heteroatoms. The molecule has 0 unspecified atom stereocenters. The van der Waals surface area contributed by atoms with Crippen LogP contribution in [0.4, 0.5) is 11.4 Å². The van der Waals surface area contributed by atoms with Gasteiger partial charge in [-0.1, -0.05) is 11.6 Å². The van der Waals surface area contributed by atoms with Crippen molar-refractivity contribution >= 4 is 56.5 Å². The first-order valence-electron chi connectivity index (χ1n) is 4.90. The summed E-state index contributed by atoms with van der Waals surface area (Å²) in [4.78, 5) is 4.26. The third-order valence-corrected chi connectivity index (χ3v) is 3.18. The number of anilines is 2. The fourth-order valence-electron chi connectivity index (χ4n) is 1.62. The number of nitrogens with one attached hydrogen (secondary N) is 1. The van der Waals surface area contributed by atoms with Crippen LogP contribution in [0.15, 0.2) is 18.3 Å². The minimum Gasteiger partial charge on any atom is -0.396 e. The maximum Gasteiger partial charge on any atom is 0.0911 e. The Morgan fingerprint density at radius 1 is 1.50 bits per heavy atom. The Hall–Kier alpha value is -0.750. The van der Waals surface area contributed by atoms with Crippen molar-refractivity contribution in [2.75, 3.05) is 17.6 Å². The van der Waals surface area contributed by atoms with Gasteiger partial charge in [0, 0.05) is 15.5 Å². The largest absolute Gasteiger partial charge is 0.396 e. The van der Waals surface area contributed by atoms with E-state index in [1.54, 1.807) is 6.20 Å². The Balaban J connectivity index is 2.80. The molecular weight excluding hydrogens is 336 g/mol. The lowest BCUT2D eigenvalue weighted by atomic mass is 10.1. The number of benzene rings is 1. The van der Waals surface area contributed by atoms with Gasteiger partial charge in [-0.3, -0.25) is 4.98 Å². The molecule has 0 radical (unpaired) electrons. The zero-order valence-corrected chi connectivity index (χ0v) is 11.6. The van der Waals surface area contributed by atoms with Crippen molar-refractivity contribution in [3.8, 4) is 0 Å². The molecule has 0 saturated heterocycles. The van der Waals surface area contributed by atoms with E-state index in [2.05, 4.69) is 32.9 Å². The highest BCUT2D eigenvalue weighted by atomic mass is 127. The number of nitrogens with zero attached hydrogens (tertiary/aromatic N) is 1. The molecule has 0 atom stereocenters. The van der Waals surface area contributed by atoms with E-state index in [1.165, 1.54) is 0 Å². The second kappa shape index (κ2) is 4.63. The predicted molar refractivity (Wildman–Crippen MR) is 78.0 cm³/mol. The quantitative estimate of drug-likeness (QED) is 0.818. The van der Waals surface area contributed by atoms with Gasteiger partial charge in [-0.25, -0.2) is 0 Å². The van der Waals surface area contributed by atoms with Crippen LogP contribution in [0.5, 0.6) is 0 Å². The zero-order valence-electron chi connectivity index (χ0n) is 8.72. The second-order valence-electron chi connectivity index (χ2n) is 3.40. The summed E-state index contributed by atoms with van der Waals surface area (Å²) in [6.07, 6.45) is 1.64. The molecule has 3 nitrogen and oxygen atoms in total. The number of aromatic nitrogens is 1. The number of nitrogen functional groups attached to an aromatic ring is 1. The molecule has 0 aliphatic rings. The number of nitrogens with two attached hydrogens (primary N) is 1. The Labute approximate surface area is 113 Å². The van der Waals surface area contributed by atoms with Crippen LogP contribution < -0.4 is 11.1 Å². The SMILES string of the molecule is CCNc1c(N)cnc2c(Cl)cc(I)cc12. The molecule has 2 aromatic rings. The van der Waals surface area contributed by atoms with Crippen LogP contribution in [0.1, 0.15) is 6.92 Å². The van der Waals surface area contributed by atoms with E-state index in [9.17, 15) is 0 Å². The van der Waals surface area contributed by atoms with Crippen LogP contribution in [-0.4, -0.2) is 11.5 Å². The molecule has 0 amide bonds. The van der Waals surface area contributed by atoms with E-state index in [1.807, 2.05) is 19.1 Å². The van der Waals surface area contributed by atoms with Gasteiger partial charge >= 0.3 is 0 Å². The van der Waals surface area contributed by atoms with Crippen LogP contribution in [0.2, 0.25) is 5.02 Å². The number of halogens is 2. The van der Waals surface area contributed by atoms with E-state index >= 15 is 0 Å². The third-order valence-electron chi connectivity index (χ3n) is 2.27. The lowest BCUT2D eigenvalue weighted by molar-refractivity contribution is 1.21. The fourth-order valence-corrected chi connectivity index (χ4v) is 2.69. The van der Waals surface area contributed by atoms with Crippen LogP contribution in [0, 0.1) is 3.57 Å². The average molecular weight is 348 g/mol. The molecule has 0 aliphatic carbocycles. The highest BCUT2D eigenvalue weighted by Crippen LogP contribution is 2.33. The van der Waals surface area contributed by atoms with Crippen LogP contribution in [-0.2, 0) is 0 Å². The molecule has 2 rings (SSSR count). The summed E-state index contributed by atoms with van der Waals surface area (Å²) in [5.41, 5.74) is 8.24. The van der Waals surface area contributed by atoms with Crippen molar-refractivity contribution in [3.63, 3.8) is 0 Å². The first-order chi connectivity index (χ1) is 7.63. The minimum absolute atomic E-state index is 0.646. The van der Waals surface area contributed by atoms with Crippen LogP contribution in [0.3, 0.4) is 0 Å². The van der Waals surface area contributed by atoms with E-state index in [0.29, 0.717) is 10.7 Å². The van der Waals surface area contributed by atoms with Crippen molar-refractivity contribution in [2.45, 2.75) is 6.92 Å². The predicted octanol–water partition coefficient (Wildman–Crippen LogP) is 3.51. The summed E-state index contributed by atoms with van der Waals surface area (Å²) in [6, 6.07) is 3.92. The Morgan fingerprint density at radius 3 is 2.94 bits per heavy atom. The maximum absolute atomic E-state index is 6.15. The fraction of sp³-hybridized carbons (Fsp3) is 0.182. The van der Waals surface area contributed by atoms with Gasteiger partial charge in [-0.2, -0.15) is 0 Å². The topological polar surface area (TPSA) is 50.9 Å². The number of rotatable bonds is 2. The van der Waals surface area contributed by atoms with E-state index in [-0.39, 0.29) is 0 Å². The smallest absolute Gasteiger partial charge is 0.0911 e. The molecular formula is C11H11ClIN3.